The molecule has 9 nitrogen and oxygen atoms in total. The molecule has 32 heavy (non-hydrogen) atoms. The minimum atomic E-state index is -3.68. The van der Waals surface area contributed by atoms with E-state index in [2.05, 4.69) is 10.1 Å². The number of hydrogen-bond donors (Lipinski definition) is 0. The van der Waals surface area contributed by atoms with Crippen LogP contribution in [-0.2, 0) is 19.6 Å². The van der Waals surface area contributed by atoms with Gasteiger partial charge in [0.05, 0.1) is 19.1 Å². The summed E-state index contributed by atoms with van der Waals surface area (Å²) in [5.74, 6) is 1.12. The van der Waals surface area contributed by atoms with E-state index in [1.807, 2.05) is 0 Å². The molecule has 2 saturated heterocycles. The summed E-state index contributed by atoms with van der Waals surface area (Å²) >= 11 is 1.16. The molecule has 1 saturated carbocycles. The molecule has 0 spiro atoms. The first-order valence-electron chi connectivity index (χ1n) is 11.3. The molecule has 1 amide bonds. The van der Waals surface area contributed by atoms with Gasteiger partial charge in [0, 0.05) is 43.0 Å². The monoisotopic (exact) mass is 480 g/mol. The van der Waals surface area contributed by atoms with E-state index < -0.39 is 10.0 Å². The third kappa shape index (κ3) is 4.35. The Morgan fingerprint density at radius 3 is 2.66 bits per heavy atom. The number of amides is 1. The number of carbonyl (C=O) groups is 1. The fourth-order valence-electron chi connectivity index (χ4n) is 4.79. The van der Waals surface area contributed by atoms with Crippen molar-refractivity contribution >= 4 is 27.3 Å². The van der Waals surface area contributed by atoms with Gasteiger partial charge in [-0.25, -0.2) is 8.42 Å². The van der Waals surface area contributed by atoms with Crippen molar-refractivity contribution in [3.63, 3.8) is 0 Å². The number of piperidine rings is 1. The average Bonchev–Trinajstić information content (AvgIpc) is 3.60. The highest BCUT2D eigenvalue weighted by molar-refractivity contribution is 7.91. The number of ether oxygens (including phenoxy) is 1. The summed E-state index contributed by atoms with van der Waals surface area (Å²) in [6.45, 7) is 2.87. The SMILES string of the molecule is O=C([C@H]1CCCN(S(=O)(=O)c2cc(-c3noc(C4CCCC4)n3)cs2)C1)N1CCOCC1. The van der Waals surface area contributed by atoms with Gasteiger partial charge < -0.3 is 14.2 Å². The summed E-state index contributed by atoms with van der Waals surface area (Å²) in [5.41, 5.74) is 0.652. The van der Waals surface area contributed by atoms with Gasteiger partial charge in [-0.2, -0.15) is 9.29 Å². The highest BCUT2D eigenvalue weighted by Crippen LogP contribution is 2.35. The fraction of sp³-hybridized carbons (Fsp3) is 0.667. The molecular weight excluding hydrogens is 452 g/mol. The summed E-state index contributed by atoms with van der Waals surface area (Å²) in [5, 5.41) is 5.84. The molecule has 2 aromatic rings. The second-order valence-corrected chi connectivity index (χ2v) is 11.8. The molecule has 0 aromatic carbocycles. The van der Waals surface area contributed by atoms with Crippen molar-refractivity contribution in [2.45, 2.75) is 48.7 Å². The molecule has 0 bridgehead atoms. The zero-order valence-electron chi connectivity index (χ0n) is 17.9. The molecule has 3 aliphatic rings. The number of rotatable bonds is 5. The number of aromatic nitrogens is 2. The Balaban J connectivity index is 1.29. The second kappa shape index (κ2) is 9.20. The second-order valence-electron chi connectivity index (χ2n) is 8.73. The van der Waals surface area contributed by atoms with Gasteiger partial charge in [-0.15, -0.1) is 11.3 Å². The molecule has 2 aromatic heterocycles. The van der Waals surface area contributed by atoms with Gasteiger partial charge in [0.15, 0.2) is 0 Å². The number of morpholine rings is 1. The molecular formula is C21H28N4O5S2. The minimum absolute atomic E-state index is 0.0336. The number of nitrogens with zero attached hydrogens (tertiary/aromatic N) is 4. The van der Waals surface area contributed by atoms with Gasteiger partial charge in [-0.05, 0) is 31.7 Å². The van der Waals surface area contributed by atoms with Crippen LogP contribution >= 0.6 is 11.3 Å². The first-order valence-corrected chi connectivity index (χ1v) is 13.6. The minimum Gasteiger partial charge on any atom is -0.378 e. The Morgan fingerprint density at radius 1 is 1.09 bits per heavy atom. The maximum absolute atomic E-state index is 13.3. The van der Waals surface area contributed by atoms with Crippen LogP contribution in [0.1, 0.15) is 50.3 Å². The topological polar surface area (TPSA) is 106 Å². The van der Waals surface area contributed by atoms with Crippen molar-refractivity contribution in [1.82, 2.24) is 19.3 Å². The molecule has 0 unspecified atom stereocenters. The summed E-state index contributed by atoms with van der Waals surface area (Å²) in [6.07, 6.45) is 5.86. The molecule has 4 heterocycles. The first kappa shape index (κ1) is 22.0. The van der Waals surface area contributed by atoms with Crippen LogP contribution in [0.2, 0.25) is 0 Å². The predicted octanol–water partition coefficient (Wildman–Crippen LogP) is 2.72. The number of carbonyl (C=O) groups excluding carboxylic acids is 1. The number of thiophene rings is 1. The molecule has 0 N–H and O–H groups in total. The van der Waals surface area contributed by atoms with E-state index in [0.29, 0.717) is 68.9 Å². The van der Waals surface area contributed by atoms with E-state index in [4.69, 9.17) is 9.26 Å². The van der Waals surface area contributed by atoms with Crippen LogP contribution < -0.4 is 0 Å². The number of sulfonamides is 1. The standard InChI is InChI=1S/C21H28N4O5S2/c26-21(24-8-10-29-11-9-24)16-6-3-7-25(13-16)32(27,28)18-12-17(14-31-18)19-22-20(30-23-19)15-4-1-2-5-15/h12,14-16H,1-11,13H2/t16-/m0/s1. The molecule has 3 fully saturated rings. The molecule has 1 aliphatic carbocycles. The fourth-order valence-corrected chi connectivity index (χ4v) is 7.63. The highest BCUT2D eigenvalue weighted by atomic mass is 32.2. The van der Waals surface area contributed by atoms with Crippen LogP contribution in [0.25, 0.3) is 11.4 Å². The molecule has 11 heteroatoms. The molecule has 0 radical (unpaired) electrons. The Hall–Kier alpha value is -1.82. The van der Waals surface area contributed by atoms with Crippen molar-refractivity contribution in [1.29, 1.82) is 0 Å². The van der Waals surface area contributed by atoms with Gasteiger partial charge in [-0.1, -0.05) is 18.0 Å². The van der Waals surface area contributed by atoms with Crippen LogP contribution in [0.5, 0.6) is 0 Å². The van der Waals surface area contributed by atoms with E-state index in [-0.39, 0.29) is 22.6 Å². The van der Waals surface area contributed by atoms with E-state index in [0.717, 1.165) is 24.2 Å². The average molecular weight is 481 g/mol. The third-order valence-electron chi connectivity index (χ3n) is 6.63. The van der Waals surface area contributed by atoms with E-state index in [9.17, 15) is 13.2 Å². The highest BCUT2D eigenvalue weighted by Gasteiger charge is 2.36. The summed E-state index contributed by atoms with van der Waals surface area (Å²) < 4.78 is 39.1. The zero-order valence-corrected chi connectivity index (χ0v) is 19.6. The van der Waals surface area contributed by atoms with Crippen LogP contribution in [0.4, 0.5) is 0 Å². The quantitative estimate of drug-likeness (QED) is 0.648. The Morgan fingerprint density at radius 2 is 1.88 bits per heavy atom. The molecule has 1 atom stereocenters. The molecule has 5 rings (SSSR count). The predicted molar refractivity (Wildman–Crippen MR) is 118 cm³/mol. The van der Waals surface area contributed by atoms with E-state index in [1.54, 1.807) is 16.3 Å². The maximum Gasteiger partial charge on any atom is 0.252 e. The van der Waals surface area contributed by atoms with Gasteiger partial charge in [0.1, 0.15) is 4.21 Å². The lowest BCUT2D eigenvalue weighted by atomic mass is 9.98. The molecule has 2 aliphatic heterocycles. The van der Waals surface area contributed by atoms with Gasteiger partial charge in [-0.3, -0.25) is 4.79 Å². The Bertz CT molecular complexity index is 1050. The Labute approximate surface area is 191 Å². The van der Waals surface area contributed by atoms with Crippen LogP contribution in [0.15, 0.2) is 20.2 Å². The zero-order chi connectivity index (χ0) is 22.1. The third-order valence-corrected chi connectivity index (χ3v) is 9.91. The first-order chi connectivity index (χ1) is 15.5. The van der Waals surface area contributed by atoms with Crippen LogP contribution in [-0.4, -0.2) is 73.1 Å². The molecule has 174 valence electrons. The Kier molecular flexibility index (Phi) is 6.33. The van der Waals surface area contributed by atoms with Crippen molar-refractivity contribution < 1.29 is 22.5 Å². The number of hydrogen-bond acceptors (Lipinski definition) is 8. The maximum atomic E-state index is 13.3. The normalized spacial score (nSPS) is 23.6. The van der Waals surface area contributed by atoms with Crippen molar-refractivity contribution in [2.75, 3.05) is 39.4 Å². The van der Waals surface area contributed by atoms with Crippen molar-refractivity contribution in [3.05, 3.63) is 17.3 Å². The van der Waals surface area contributed by atoms with Crippen LogP contribution in [0, 0.1) is 5.92 Å². The van der Waals surface area contributed by atoms with Gasteiger partial charge >= 0.3 is 0 Å². The lowest BCUT2D eigenvalue weighted by Crippen LogP contribution is -2.49. The summed E-state index contributed by atoms with van der Waals surface area (Å²) in [6, 6.07) is 1.62. The van der Waals surface area contributed by atoms with Crippen molar-refractivity contribution in [2.24, 2.45) is 5.92 Å². The van der Waals surface area contributed by atoms with Crippen LogP contribution in [0.3, 0.4) is 0 Å². The summed E-state index contributed by atoms with van der Waals surface area (Å²) in [4.78, 5) is 19.2. The van der Waals surface area contributed by atoms with Crippen molar-refractivity contribution in [3.8, 4) is 11.4 Å². The van der Waals surface area contributed by atoms with Gasteiger partial charge in [0.2, 0.25) is 17.6 Å². The van der Waals surface area contributed by atoms with Gasteiger partial charge in [0.25, 0.3) is 10.0 Å². The lowest BCUT2D eigenvalue weighted by molar-refractivity contribution is -0.140. The lowest BCUT2D eigenvalue weighted by Gasteiger charge is -2.35. The van der Waals surface area contributed by atoms with E-state index >= 15 is 0 Å². The van der Waals surface area contributed by atoms with E-state index in [1.165, 1.54) is 17.1 Å². The summed E-state index contributed by atoms with van der Waals surface area (Å²) in [7, 11) is -3.68. The largest absolute Gasteiger partial charge is 0.378 e. The smallest absolute Gasteiger partial charge is 0.252 e.